The molecule has 0 atom stereocenters. The van der Waals surface area contributed by atoms with Gasteiger partial charge in [-0.25, -0.2) is 4.98 Å². The maximum Gasteiger partial charge on any atom is 0.266 e. The van der Waals surface area contributed by atoms with Crippen LogP contribution in [0.25, 0.3) is 10.2 Å². The molecule has 1 saturated heterocycles. The molecule has 9 heteroatoms. The van der Waals surface area contributed by atoms with E-state index >= 15 is 0 Å². The van der Waals surface area contributed by atoms with E-state index in [9.17, 15) is 4.79 Å². The molecule has 4 rings (SSSR count). The van der Waals surface area contributed by atoms with Gasteiger partial charge in [0, 0.05) is 31.2 Å². The third kappa shape index (κ3) is 7.08. The van der Waals surface area contributed by atoms with E-state index in [2.05, 4.69) is 18.7 Å². The lowest BCUT2D eigenvalue weighted by atomic mass is 10.0. The van der Waals surface area contributed by atoms with Crippen molar-refractivity contribution in [2.75, 3.05) is 50.9 Å². The van der Waals surface area contributed by atoms with Crippen LogP contribution in [0.1, 0.15) is 37.3 Å². The van der Waals surface area contributed by atoms with Gasteiger partial charge in [-0.1, -0.05) is 48.9 Å². The van der Waals surface area contributed by atoms with E-state index in [1.165, 1.54) is 16.9 Å². The van der Waals surface area contributed by atoms with Crippen LogP contribution >= 0.6 is 35.3 Å². The highest BCUT2D eigenvalue weighted by Crippen LogP contribution is 2.33. The molecule has 1 aromatic heterocycles. The molecule has 1 fully saturated rings. The summed E-state index contributed by atoms with van der Waals surface area (Å²) in [5, 5.41) is 1.37. The normalized spacial score (nSPS) is 14.2. The van der Waals surface area contributed by atoms with Crippen LogP contribution in [-0.2, 0) is 9.53 Å². The fourth-order valence-corrected chi connectivity index (χ4v) is 5.20. The standard InChI is InChI=1S/C26H32ClN3O3S.ClH/c1-18(2)20-5-7-21(8-6-20)33-17-24(31)30(12-4-11-29-13-15-32-16-14-29)26-28-25-19(3)22(27)9-10-23(25)34-26;/h5-10,18H,4,11-17H2,1-3H3;1H. The molecular weight excluding hydrogens is 505 g/mol. The number of carbonyl (C=O) groups is 1. The molecule has 6 nitrogen and oxygen atoms in total. The van der Waals surface area contributed by atoms with Crippen molar-refractivity contribution in [3.05, 3.63) is 52.5 Å². The molecule has 0 aliphatic carbocycles. The van der Waals surface area contributed by atoms with E-state index in [1.807, 2.05) is 43.3 Å². The maximum atomic E-state index is 13.3. The van der Waals surface area contributed by atoms with Crippen LogP contribution in [0.15, 0.2) is 36.4 Å². The summed E-state index contributed by atoms with van der Waals surface area (Å²) in [6, 6.07) is 11.8. The first-order valence-corrected chi connectivity index (χ1v) is 13.0. The number of benzene rings is 2. The Labute approximate surface area is 222 Å². The Morgan fingerprint density at radius 3 is 2.60 bits per heavy atom. The first kappa shape index (κ1) is 27.7. The third-order valence-corrected chi connectivity index (χ3v) is 7.59. The topological polar surface area (TPSA) is 54.9 Å². The SMILES string of the molecule is Cc1c(Cl)ccc2sc(N(CCCN3CCOCC3)C(=O)COc3ccc(C(C)C)cc3)nc12.Cl. The van der Waals surface area contributed by atoms with Crippen molar-refractivity contribution in [3.8, 4) is 5.75 Å². The average molecular weight is 539 g/mol. The molecule has 1 amide bonds. The number of hydrogen-bond donors (Lipinski definition) is 0. The minimum atomic E-state index is -0.0993. The minimum absolute atomic E-state index is 0. The second-order valence-electron chi connectivity index (χ2n) is 8.88. The van der Waals surface area contributed by atoms with Crippen molar-refractivity contribution in [2.45, 2.75) is 33.1 Å². The van der Waals surface area contributed by atoms with Gasteiger partial charge in [0.05, 0.1) is 23.4 Å². The number of thiazole rings is 1. The third-order valence-electron chi connectivity index (χ3n) is 6.14. The summed E-state index contributed by atoms with van der Waals surface area (Å²) in [5.74, 6) is 1.05. The summed E-state index contributed by atoms with van der Waals surface area (Å²) >= 11 is 7.82. The molecular formula is C26H33Cl2N3O3S. The summed E-state index contributed by atoms with van der Waals surface area (Å²) in [5.41, 5.74) is 3.03. The molecule has 1 aliphatic rings. The number of hydrogen-bond acceptors (Lipinski definition) is 6. The van der Waals surface area contributed by atoms with Crippen LogP contribution in [0.3, 0.4) is 0 Å². The zero-order valence-corrected chi connectivity index (χ0v) is 22.8. The number of aryl methyl sites for hydroxylation is 1. The zero-order chi connectivity index (χ0) is 24.1. The molecule has 2 aromatic carbocycles. The van der Waals surface area contributed by atoms with E-state index in [1.54, 1.807) is 4.90 Å². The zero-order valence-electron chi connectivity index (χ0n) is 20.5. The molecule has 1 aliphatic heterocycles. The van der Waals surface area contributed by atoms with Crippen LogP contribution in [0.2, 0.25) is 5.02 Å². The molecule has 0 saturated carbocycles. The van der Waals surface area contributed by atoms with Crippen molar-refractivity contribution in [3.63, 3.8) is 0 Å². The molecule has 35 heavy (non-hydrogen) atoms. The molecule has 0 unspecified atom stereocenters. The second kappa shape index (κ2) is 12.9. The number of halogens is 2. The predicted octanol–water partition coefficient (Wildman–Crippen LogP) is 5.94. The quantitative estimate of drug-likeness (QED) is 0.338. The number of rotatable bonds is 9. The van der Waals surface area contributed by atoms with Gasteiger partial charge in [-0.3, -0.25) is 14.6 Å². The number of amides is 1. The fraction of sp³-hybridized carbons (Fsp3) is 0.462. The number of aromatic nitrogens is 1. The molecule has 0 radical (unpaired) electrons. The summed E-state index contributed by atoms with van der Waals surface area (Å²) < 4.78 is 12.3. The highest BCUT2D eigenvalue weighted by atomic mass is 35.5. The van der Waals surface area contributed by atoms with Gasteiger partial charge in [0.25, 0.3) is 5.91 Å². The lowest BCUT2D eigenvalue weighted by Gasteiger charge is -2.27. The number of nitrogens with zero attached hydrogens (tertiary/aromatic N) is 3. The van der Waals surface area contributed by atoms with E-state index in [0.717, 1.165) is 55.0 Å². The first-order chi connectivity index (χ1) is 16.4. The summed E-state index contributed by atoms with van der Waals surface area (Å²) in [4.78, 5) is 22.2. The Kier molecular flexibility index (Phi) is 10.2. The van der Waals surface area contributed by atoms with E-state index < -0.39 is 0 Å². The Bertz CT molecular complexity index is 1110. The van der Waals surface area contributed by atoms with Crippen molar-refractivity contribution in [2.24, 2.45) is 0 Å². The summed E-state index contributed by atoms with van der Waals surface area (Å²) in [6.07, 6.45) is 0.852. The fourth-order valence-electron chi connectivity index (χ4n) is 3.98. The van der Waals surface area contributed by atoms with Gasteiger partial charge in [-0.15, -0.1) is 12.4 Å². The maximum absolute atomic E-state index is 13.3. The largest absolute Gasteiger partial charge is 0.484 e. The number of morpholine rings is 1. The van der Waals surface area contributed by atoms with Crippen molar-refractivity contribution < 1.29 is 14.3 Å². The molecule has 0 spiro atoms. The van der Waals surface area contributed by atoms with Crippen LogP contribution < -0.4 is 9.64 Å². The van der Waals surface area contributed by atoms with Crippen molar-refractivity contribution in [1.82, 2.24) is 9.88 Å². The summed E-state index contributed by atoms with van der Waals surface area (Å²) in [7, 11) is 0. The minimum Gasteiger partial charge on any atom is -0.484 e. The summed E-state index contributed by atoms with van der Waals surface area (Å²) in [6.45, 7) is 11.1. The van der Waals surface area contributed by atoms with Gasteiger partial charge >= 0.3 is 0 Å². The number of fused-ring (bicyclic) bond motifs is 1. The van der Waals surface area contributed by atoms with Gasteiger partial charge in [0.2, 0.25) is 0 Å². The highest BCUT2D eigenvalue weighted by Gasteiger charge is 2.22. The first-order valence-electron chi connectivity index (χ1n) is 11.8. The molecule has 0 N–H and O–H groups in total. The number of ether oxygens (including phenoxy) is 2. The Hall–Kier alpha value is -1.90. The Morgan fingerprint density at radius 1 is 1.20 bits per heavy atom. The highest BCUT2D eigenvalue weighted by molar-refractivity contribution is 7.22. The molecule has 3 aromatic rings. The van der Waals surface area contributed by atoms with E-state index in [4.69, 9.17) is 26.1 Å². The van der Waals surface area contributed by atoms with E-state index in [-0.39, 0.29) is 24.9 Å². The van der Waals surface area contributed by atoms with Gasteiger partial charge in [0.1, 0.15) is 5.75 Å². The Morgan fingerprint density at radius 2 is 1.91 bits per heavy atom. The van der Waals surface area contributed by atoms with Crippen molar-refractivity contribution >= 4 is 56.6 Å². The van der Waals surface area contributed by atoms with Gasteiger partial charge in [-0.05, 0) is 54.7 Å². The molecule has 190 valence electrons. The van der Waals surface area contributed by atoms with Gasteiger partial charge in [-0.2, -0.15) is 0 Å². The van der Waals surface area contributed by atoms with Crippen LogP contribution in [0, 0.1) is 6.92 Å². The Balaban J connectivity index is 0.00000342. The second-order valence-corrected chi connectivity index (χ2v) is 10.3. The van der Waals surface area contributed by atoms with Gasteiger partial charge in [0.15, 0.2) is 11.7 Å². The molecule has 0 bridgehead atoms. The monoisotopic (exact) mass is 537 g/mol. The smallest absolute Gasteiger partial charge is 0.266 e. The van der Waals surface area contributed by atoms with Crippen LogP contribution in [-0.4, -0.2) is 61.8 Å². The van der Waals surface area contributed by atoms with Crippen molar-refractivity contribution in [1.29, 1.82) is 0 Å². The van der Waals surface area contributed by atoms with E-state index in [0.29, 0.717) is 28.4 Å². The predicted molar refractivity (Wildman–Crippen MR) is 147 cm³/mol. The number of anilines is 1. The van der Waals surface area contributed by atoms with Gasteiger partial charge < -0.3 is 9.47 Å². The lowest BCUT2D eigenvalue weighted by molar-refractivity contribution is -0.120. The number of carbonyl (C=O) groups excluding carboxylic acids is 1. The lowest BCUT2D eigenvalue weighted by Crippen LogP contribution is -2.40. The average Bonchev–Trinajstić information content (AvgIpc) is 3.28. The molecule has 2 heterocycles. The van der Waals surface area contributed by atoms with Crippen LogP contribution in [0.5, 0.6) is 5.75 Å². The van der Waals surface area contributed by atoms with Crippen LogP contribution in [0.4, 0.5) is 5.13 Å².